The molecule has 0 aliphatic heterocycles. The summed E-state index contributed by atoms with van der Waals surface area (Å²) in [6.45, 7) is 6.02. The predicted octanol–water partition coefficient (Wildman–Crippen LogP) is 3.34. The second kappa shape index (κ2) is 11.1. The highest BCUT2D eigenvalue weighted by atomic mass is 16.5. The van der Waals surface area contributed by atoms with E-state index in [9.17, 15) is 9.59 Å². The number of ether oxygens (including phenoxy) is 1. The van der Waals surface area contributed by atoms with Gasteiger partial charge in [-0.3, -0.25) is 9.59 Å². The van der Waals surface area contributed by atoms with Gasteiger partial charge in [-0.1, -0.05) is 62.4 Å². The van der Waals surface area contributed by atoms with Gasteiger partial charge in [0.15, 0.2) is 0 Å². The zero-order valence-corrected chi connectivity index (χ0v) is 16.0. The highest BCUT2D eigenvalue weighted by Crippen LogP contribution is 2.14. The fourth-order valence-electron chi connectivity index (χ4n) is 2.56. The van der Waals surface area contributed by atoms with Crippen LogP contribution in [0.1, 0.15) is 42.2 Å². The molecule has 2 rings (SSSR count). The summed E-state index contributed by atoms with van der Waals surface area (Å²) in [6.07, 6.45) is 0.729. The van der Waals surface area contributed by atoms with E-state index in [-0.39, 0.29) is 11.8 Å². The van der Waals surface area contributed by atoms with E-state index in [1.807, 2.05) is 36.4 Å². The van der Waals surface area contributed by atoms with Crippen LogP contribution in [-0.4, -0.2) is 31.6 Å². The summed E-state index contributed by atoms with van der Waals surface area (Å²) in [5.41, 5.74) is 1.27. The summed E-state index contributed by atoms with van der Waals surface area (Å²) in [6, 6.07) is 17.4. The van der Waals surface area contributed by atoms with E-state index in [4.69, 9.17) is 4.74 Å². The van der Waals surface area contributed by atoms with Crippen LogP contribution in [-0.2, 0) is 9.53 Å². The van der Waals surface area contributed by atoms with Crippen molar-refractivity contribution in [3.05, 3.63) is 71.8 Å². The van der Waals surface area contributed by atoms with Crippen LogP contribution >= 0.6 is 0 Å². The lowest BCUT2D eigenvalue weighted by Gasteiger charge is -2.19. The standard InChI is InChI=1S/C22H28N2O3/c1-17(2)16-27-15-9-14-23-22(26)20(18-10-5-3-6-11-18)24-21(25)19-12-7-4-8-13-19/h3-8,10-13,17,20H,9,14-16H2,1-2H3,(H,23,26)(H,24,25). The molecule has 2 aromatic rings. The first-order valence-corrected chi connectivity index (χ1v) is 9.34. The van der Waals surface area contributed by atoms with Crippen LogP contribution in [0.4, 0.5) is 0 Å². The SMILES string of the molecule is CC(C)COCCCNC(=O)C(NC(=O)c1ccccc1)c1ccccc1. The van der Waals surface area contributed by atoms with Gasteiger partial charge in [-0.25, -0.2) is 0 Å². The topological polar surface area (TPSA) is 67.4 Å². The number of nitrogens with one attached hydrogen (secondary N) is 2. The van der Waals surface area contributed by atoms with Gasteiger partial charge < -0.3 is 15.4 Å². The molecule has 0 radical (unpaired) electrons. The highest BCUT2D eigenvalue weighted by molar-refractivity contribution is 5.97. The van der Waals surface area contributed by atoms with E-state index in [1.54, 1.807) is 24.3 Å². The smallest absolute Gasteiger partial charge is 0.252 e. The van der Waals surface area contributed by atoms with Crippen molar-refractivity contribution in [3.63, 3.8) is 0 Å². The summed E-state index contributed by atoms with van der Waals surface area (Å²) in [5, 5.41) is 5.73. The molecule has 5 heteroatoms. The van der Waals surface area contributed by atoms with Gasteiger partial charge in [-0.05, 0) is 30.0 Å². The summed E-state index contributed by atoms with van der Waals surface area (Å²) in [5.74, 6) is -0.00976. The van der Waals surface area contributed by atoms with Gasteiger partial charge in [0, 0.05) is 25.3 Å². The maximum absolute atomic E-state index is 12.7. The lowest BCUT2D eigenvalue weighted by molar-refractivity contribution is -0.123. The lowest BCUT2D eigenvalue weighted by atomic mass is 10.1. The first kappa shape index (κ1) is 20.6. The number of carbonyl (C=O) groups excluding carboxylic acids is 2. The van der Waals surface area contributed by atoms with Crippen LogP contribution < -0.4 is 10.6 Å². The summed E-state index contributed by atoms with van der Waals surface area (Å²) in [7, 11) is 0. The minimum atomic E-state index is -0.740. The van der Waals surface area contributed by atoms with Gasteiger partial charge >= 0.3 is 0 Å². The number of benzene rings is 2. The average Bonchev–Trinajstić information content (AvgIpc) is 2.69. The van der Waals surface area contributed by atoms with Crippen LogP contribution in [0.25, 0.3) is 0 Å². The van der Waals surface area contributed by atoms with Crippen LogP contribution in [0.3, 0.4) is 0 Å². The van der Waals surface area contributed by atoms with Crippen molar-refractivity contribution in [3.8, 4) is 0 Å². The van der Waals surface area contributed by atoms with Crippen molar-refractivity contribution in [2.45, 2.75) is 26.3 Å². The first-order valence-electron chi connectivity index (χ1n) is 9.34. The van der Waals surface area contributed by atoms with E-state index < -0.39 is 6.04 Å². The molecule has 2 N–H and O–H groups in total. The van der Waals surface area contributed by atoms with Gasteiger partial charge in [0.2, 0.25) is 5.91 Å². The molecule has 0 aliphatic rings. The Bertz CT molecular complexity index is 702. The Morgan fingerprint density at radius 3 is 2.22 bits per heavy atom. The maximum atomic E-state index is 12.7. The molecule has 2 amide bonds. The molecule has 0 spiro atoms. The van der Waals surface area contributed by atoms with Crippen molar-refractivity contribution in [2.75, 3.05) is 19.8 Å². The fraction of sp³-hybridized carbons (Fsp3) is 0.364. The van der Waals surface area contributed by atoms with E-state index in [0.29, 0.717) is 31.2 Å². The Morgan fingerprint density at radius 2 is 1.59 bits per heavy atom. The monoisotopic (exact) mass is 368 g/mol. The summed E-state index contributed by atoms with van der Waals surface area (Å²) in [4.78, 5) is 25.2. The van der Waals surface area contributed by atoms with Gasteiger partial charge in [0.25, 0.3) is 5.91 Å². The van der Waals surface area contributed by atoms with Gasteiger partial charge in [-0.2, -0.15) is 0 Å². The molecule has 0 aliphatic carbocycles. The van der Waals surface area contributed by atoms with Gasteiger partial charge in [0.05, 0.1) is 0 Å². The van der Waals surface area contributed by atoms with Crippen LogP contribution in [0.2, 0.25) is 0 Å². The summed E-state index contributed by atoms with van der Waals surface area (Å²) < 4.78 is 5.52. The van der Waals surface area contributed by atoms with Crippen LogP contribution in [0, 0.1) is 5.92 Å². The Hall–Kier alpha value is -2.66. The minimum Gasteiger partial charge on any atom is -0.381 e. The molecule has 1 unspecified atom stereocenters. The van der Waals surface area contributed by atoms with Gasteiger partial charge in [-0.15, -0.1) is 0 Å². The second-order valence-corrected chi connectivity index (χ2v) is 6.80. The molecule has 0 bridgehead atoms. The Morgan fingerprint density at radius 1 is 0.963 bits per heavy atom. The zero-order valence-electron chi connectivity index (χ0n) is 16.0. The average molecular weight is 368 g/mol. The van der Waals surface area contributed by atoms with E-state index in [1.165, 1.54) is 0 Å². The minimum absolute atomic E-state index is 0.227. The third kappa shape index (κ3) is 7.23. The maximum Gasteiger partial charge on any atom is 0.252 e. The number of amides is 2. The van der Waals surface area contributed by atoms with Crippen molar-refractivity contribution >= 4 is 11.8 Å². The van der Waals surface area contributed by atoms with Crippen molar-refractivity contribution in [1.29, 1.82) is 0 Å². The Labute approximate surface area is 161 Å². The molecular formula is C22H28N2O3. The number of carbonyl (C=O) groups is 2. The van der Waals surface area contributed by atoms with E-state index >= 15 is 0 Å². The van der Waals surface area contributed by atoms with Crippen LogP contribution in [0.15, 0.2) is 60.7 Å². The second-order valence-electron chi connectivity index (χ2n) is 6.80. The number of hydrogen-bond acceptors (Lipinski definition) is 3. The molecule has 0 aromatic heterocycles. The quantitative estimate of drug-likeness (QED) is 0.632. The molecule has 5 nitrogen and oxygen atoms in total. The molecule has 0 saturated carbocycles. The fourth-order valence-corrected chi connectivity index (χ4v) is 2.56. The van der Waals surface area contributed by atoms with Crippen molar-refractivity contribution in [1.82, 2.24) is 10.6 Å². The molecular weight excluding hydrogens is 340 g/mol. The van der Waals surface area contributed by atoms with Gasteiger partial charge in [0.1, 0.15) is 6.04 Å². The molecule has 1 atom stereocenters. The van der Waals surface area contributed by atoms with Crippen LogP contribution in [0.5, 0.6) is 0 Å². The van der Waals surface area contributed by atoms with E-state index in [0.717, 1.165) is 12.0 Å². The molecule has 0 saturated heterocycles. The zero-order chi connectivity index (χ0) is 19.5. The number of hydrogen-bond donors (Lipinski definition) is 2. The van der Waals surface area contributed by atoms with Crippen molar-refractivity contribution in [2.24, 2.45) is 5.92 Å². The Kier molecular flexibility index (Phi) is 8.52. The third-order valence-corrected chi connectivity index (χ3v) is 3.92. The normalized spacial score (nSPS) is 11.8. The molecule has 144 valence electrons. The Balaban J connectivity index is 1.94. The third-order valence-electron chi connectivity index (χ3n) is 3.92. The lowest BCUT2D eigenvalue weighted by Crippen LogP contribution is -2.40. The first-order chi connectivity index (χ1) is 13.1. The molecule has 27 heavy (non-hydrogen) atoms. The molecule has 0 heterocycles. The highest BCUT2D eigenvalue weighted by Gasteiger charge is 2.22. The molecule has 2 aromatic carbocycles. The molecule has 0 fully saturated rings. The van der Waals surface area contributed by atoms with Crippen molar-refractivity contribution < 1.29 is 14.3 Å². The predicted molar refractivity (Wildman–Crippen MR) is 106 cm³/mol. The van der Waals surface area contributed by atoms with E-state index in [2.05, 4.69) is 24.5 Å². The summed E-state index contributed by atoms with van der Waals surface area (Å²) >= 11 is 0. The number of rotatable bonds is 10. The largest absolute Gasteiger partial charge is 0.381 e.